The first-order valence-corrected chi connectivity index (χ1v) is 5.78. The summed E-state index contributed by atoms with van der Waals surface area (Å²) in [5.74, 6) is -0.989. The quantitative estimate of drug-likeness (QED) is 0.939. The zero-order valence-electron chi connectivity index (χ0n) is 10.9. The number of rotatable bonds is 3. The average Bonchev–Trinajstić information content (AvgIpc) is 2.40. The first kappa shape index (κ1) is 13.9. The molecule has 20 heavy (non-hydrogen) atoms. The van der Waals surface area contributed by atoms with E-state index < -0.39 is 11.6 Å². The van der Waals surface area contributed by atoms with Crippen LogP contribution in [0.25, 0.3) is 11.1 Å². The van der Waals surface area contributed by atoms with Crippen LogP contribution in [-0.4, -0.2) is 18.0 Å². The highest BCUT2D eigenvalue weighted by atomic mass is 19.1. The second kappa shape index (κ2) is 5.64. The lowest BCUT2D eigenvalue weighted by atomic mass is 10.0. The number of carbonyl (C=O) groups excluding carboxylic acids is 1. The summed E-state index contributed by atoms with van der Waals surface area (Å²) in [5.41, 5.74) is 0.543. The fraction of sp³-hybridized carbons (Fsp3) is 0.143. The largest absolute Gasteiger partial charge is 0.496 e. The normalized spacial score (nSPS) is 10.2. The lowest BCUT2D eigenvalue weighted by Gasteiger charge is -2.11. The summed E-state index contributed by atoms with van der Waals surface area (Å²) in [6, 6.07) is 5.14. The highest BCUT2D eigenvalue weighted by Gasteiger charge is 2.13. The number of aromatic nitrogens is 1. The van der Waals surface area contributed by atoms with Crippen LogP contribution in [0.5, 0.6) is 5.75 Å². The van der Waals surface area contributed by atoms with Gasteiger partial charge in [0.05, 0.1) is 13.3 Å². The Morgan fingerprint density at radius 1 is 1.25 bits per heavy atom. The summed E-state index contributed by atoms with van der Waals surface area (Å²) in [6.45, 7) is 1.32. The predicted molar refractivity (Wildman–Crippen MR) is 70.4 cm³/mol. The molecule has 0 saturated carbocycles. The first-order chi connectivity index (χ1) is 9.51. The molecule has 1 N–H and O–H groups in total. The molecule has 1 amide bonds. The molecular formula is C14H12F2N2O2. The van der Waals surface area contributed by atoms with E-state index in [1.54, 1.807) is 0 Å². The molecule has 2 aromatic rings. The molecule has 2 rings (SSSR count). The van der Waals surface area contributed by atoms with Crippen LogP contribution in [-0.2, 0) is 4.79 Å². The van der Waals surface area contributed by atoms with Crippen molar-refractivity contribution in [3.8, 4) is 16.9 Å². The number of methoxy groups -OCH3 is 1. The molecule has 0 atom stereocenters. The maximum absolute atomic E-state index is 13.9. The van der Waals surface area contributed by atoms with Crippen molar-refractivity contribution in [2.45, 2.75) is 6.92 Å². The molecule has 0 saturated heterocycles. The van der Waals surface area contributed by atoms with Crippen LogP contribution in [0.2, 0.25) is 0 Å². The summed E-state index contributed by atoms with van der Waals surface area (Å²) < 4.78 is 32.1. The van der Waals surface area contributed by atoms with Gasteiger partial charge in [0.2, 0.25) is 5.91 Å². The van der Waals surface area contributed by atoms with Crippen molar-refractivity contribution in [2.24, 2.45) is 0 Å². The third-order valence-corrected chi connectivity index (χ3v) is 2.61. The minimum Gasteiger partial charge on any atom is -0.496 e. The van der Waals surface area contributed by atoms with Crippen molar-refractivity contribution < 1.29 is 18.3 Å². The van der Waals surface area contributed by atoms with Crippen LogP contribution in [0.4, 0.5) is 14.6 Å². The topological polar surface area (TPSA) is 51.2 Å². The third-order valence-electron chi connectivity index (χ3n) is 2.61. The third kappa shape index (κ3) is 2.90. The van der Waals surface area contributed by atoms with Gasteiger partial charge in [-0.15, -0.1) is 0 Å². The molecule has 1 aromatic carbocycles. The fourth-order valence-electron chi connectivity index (χ4n) is 1.78. The summed E-state index contributed by atoms with van der Waals surface area (Å²) in [6.07, 6.45) is 0.989. The number of amides is 1. The van der Waals surface area contributed by atoms with E-state index >= 15 is 0 Å². The van der Waals surface area contributed by atoms with Crippen molar-refractivity contribution in [2.75, 3.05) is 12.4 Å². The van der Waals surface area contributed by atoms with Gasteiger partial charge in [-0.2, -0.15) is 0 Å². The Bertz CT molecular complexity index is 660. The molecule has 0 radical (unpaired) electrons. The minimum absolute atomic E-state index is 0.167. The number of anilines is 1. The van der Waals surface area contributed by atoms with E-state index in [1.807, 2.05) is 0 Å². The Kier molecular flexibility index (Phi) is 3.93. The Labute approximate surface area is 114 Å². The Morgan fingerprint density at radius 3 is 2.65 bits per heavy atom. The van der Waals surface area contributed by atoms with Gasteiger partial charge < -0.3 is 10.1 Å². The lowest BCUT2D eigenvalue weighted by Crippen LogP contribution is -2.07. The van der Waals surface area contributed by atoms with E-state index in [9.17, 15) is 13.6 Å². The van der Waals surface area contributed by atoms with Gasteiger partial charge in [-0.1, -0.05) is 0 Å². The number of hydrogen-bond acceptors (Lipinski definition) is 3. The zero-order chi connectivity index (χ0) is 14.7. The highest BCUT2D eigenvalue weighted by molar-refractivity contribution is 5.88. The van der Waals surface area contributed by atoms with Gasteiger partial charge in [0.15, 0.2) is 0 Å². The number of nitrogens with zero attached hydrogens (tertiary/aromatic N) is 1. The second-order valence-corrected chi connectivity index (χ2v) is 4.08. The lowest BCUT2D eigenvalue weighted by molar-refractivity contribution is -0.114. The molecule has 0 aliphatic heterocycles. The van der Waals surface area contributed by atoms with Gasteiger partial charge >= 0.3 is 0 Å². The molecule has 0 unspecified atom stereocenters. The van der Waals surface area contributed by atoms with Gasteiger partial charge in [0.25, 0.3) is 0 Å². The van der Waals surface area contributed by atoms with Crippen molar-refractivity contribution in [1.82, 2.24) is 4.98 Å². The number of pyridine rings is 1. The van der Waals surface area contributed by atoms with Gasteiger partial charge in [-0.3, -0.25) is 4.79 Å². The molecule has 104 valence electrons. The molecule has 0 spiro atoms. The maximum atomic E-state index is 13.9. The standard InChI is InChI=1S/C14H12F2N2O2/c1-8(19)18-14-6-11(12(16)7-17-14)10-4-3-9(15)5-13(10)20-2/h3-7H,1-2H3,(H,17,18,19). The summed E-state index contributed by atoms with van der Waals surface area (Å²) in [4.78, 5) is 14.8. The maximum Gasteiger partial charge on any atom is 0.222 e. The molecular weight excluding hydrogens is 266 g/mol. The van der Waals surface area contributed by atoms with E-state index in [2.05, 4.69) is 10.3 Å². The zero-order valence-corrected chi connectivity index (χ0v) is 10.9. The Balaban J connectivity index is 2.54. The monoisotopic (exact) mass is 278 g/mol. The van der Waals surface area contributed by atoms with Crippen LogP contribution in [0.3, 0.4) is 0 Å². The number of halogens is 2. The molecule has 1 aromatic heterocycles. The van der Waals surface area contributed by atoms with Crippen LogP contribution in [0, 0.1) is 11.6 Å². The molecule has 0 fully saturated rings. The van der Waals surface area contributed by atoms with E-state index in [1.165, 1.54) is 32.2 Å². The van der Waals surface area contributed by atoms with E-state index in [4.69, 9.17) is 4.74 Å². The number of carbonyl (C=O) groups is 1. The minimum atomic E-state index is -0.594. The number of nitrogens with one attached hydrogen (secondary N) is 1. The number of benzene rings is 1. The summed E-state index contributed by atoms with van der Waals surface area (Å²) >= 11 is 0. The molecule has 6 heteroatoms. The van der Waals surface area contributed by atoms with Crippen molar-refractivity contribution in [3.05, 3.63) is 42.1 Å². The fourth-order valence-corrected chi connectivity index (χ4v) is 1.78. The number of hydrogen-bond donors (Lipinski definition) is 1. The molecule has 4 nitrogen and oxygen atoms in total. The predicted octanol–water partition coefficient (Wildman–Crippen LogP) is 2.99. The van der Waals surface area contributed by atoms with Crippen LogP contribution >= 0.6 is 0 Å². The molecule has 1 heterocycles. The van der Waals surface area contributed by atoms with Crippen LogP contribution in [0.15, 0.2) is 30.5 Å². The Morgan fingerprint density at radius 2 is 2.00 bits per heavy atom. The number of ether oxygens (including phenoxy) is 1. The smallest absolute Gasteiger partial charge is 0.222 e. The summed E-state index contributed by atoms with van der Waals surface area (Å²) in [7, 11) is 1.37. The van der Waals surface area contributed by atoms with Crippen LogP contribution < -0.4 is 10.1 Å². The highest BCUT2D eigenvalue weighted by Crippen LogP contribution is 2.33. The van der Waals surface area contributed by atoms with Crippen molar-refractivity contribution >= 4 is 11.7 Å². The van der Waals surface area contributed by atoms with Gasteiger partial charge in [-0.05, 0) is 18.2 Å². The van der Waals surface area contributed by atoms with Crippen molar-refractivity contribution in [3.63, 3.8) is 0 Å². The first-order valence-electron chi connectivity index (χ1n) is 5.78. The van der Waals surface area contributed by atoms with Gasteiger partial charge in [0, 0.05) is 24.1 Å². The van der Waals surface area contributed by atoms with E-state index in [-0.39, 0.29) is 23.0 Å². The molecule has 0 bridgehead atoms. The van der Waals surface area contributed by atoms with Gasteiger partial charge in [0.1, 0.15) is 23.2 Å². The summed E-state index contributed by atoms with van der Waals surface area (Å²) in [5, 5.41) is 2.46. The Hall–Kier alpha value is -2.50. The molecule has 0 aliphatic carbocycles. The second-order valence-electron chi connectivity index (χ2n) is 4.08. The average molecular weight is 278 g/mol. The molecule has 0 aliphatic rings. The SMILES string of the molecule is COc1cc(F)ccc1-c1cc(NC(C)=O)ncc1F. The van der Waals surface area contributed by atoms with Gasteiger partial charge in [-0.25, -0.2) is 13.8 Å². The van der Waals surface area contributed by atoms with E-state index in [0.29, 0.717) is 5.56 Å². The van der Waals surface area contributed by atoms with E-state index in [0.717, 1.165) is 12.3 Å². The van der Waals surface area contributed by atoms with Crippen molar-refractivity contribution in [1.29, 1.82) is 0 Å². The van der Waals surface area contributed by atoms with Crippen LogP contribution in [0.1, 0.15) is 6.92 Å².